The Labute approximate surface area is 79.3 Å². The molecule has 2 heteroatoms. The first-order valence-electron chi connectivity index (χ1n) is 5.14. The zero-order valence-corrected chi connectivity index (χ0v) is 8.12. The van der Waals surface area contributed by atoms with E-state index in [0.717, 1.165) is 19.0 Å². The van der Waals surface area contributed by atoms with E-state index in [1.807, 2.05) is 6.26 Å². The fraction of sp³-hybridized carbons (Fsp3) is 0.636. The van der Waals surface area contributed by atoms with Gasteiger partial charge < -0.3 is 9.73 Å². The first-order valence-corrected chi connectivity index (χ1v) is 5.14. The van der Waals surface area contributed by atoms with E-state index in [9.17, 15) is 0 Å². The van der Waals surface area contributed by atoms with E-state index < -0.39 is 0 Å². The van der Waals surface area contributed by atoms with Crippen molar-refractivity contribution in [2.24, 2.45) is 5.92 Å². The molecule has 2 rings (SSSR count). The first kappa shape index (κ1) is 8.82. The maximum Gasteiger partial charge on any atom is 0.0937 e. The van der Waals surface area contributed by atoms with Crippen molar-refractivity contribution in [1.29, 1.82) is 0 Å². The molecule has 0 amide bonds. The van der Waals surface area contributed by atoms with Crippen molar-refractivity contribution in [3.05, 3.63) is 24.2 Å². The zero-order chi connectivity index (χ0) is 9.10. The predicted molar refractivity (Wildman–Crippen MR) is 52.7 cm³/mol. The van der Waals surface area contributed by atoms with E-state index in [1.165, 1.54) is 18.4 Å². The highest BCUT2D eigenvalue weighted by Gasteiger charge is 2.25. The van der Waals surface area contributed by atoms with Crippen LogP contribution in [0.3, 0.4) is 0 Å². The summed E-state index contributed by atoms with van der Waals surface area (Å²) in [6.45, 7) is 4.57. The third-order valence-electron chi connectivity index (χ3n) is 3.10. The van der Waals surface area contributed by atoms with Gasteiger partial charge in [-0.25, -0.2) is 0 Å². The molecule has 1 saturated heterocycles. The number of furan rings is 1. The quantitative estimate of drug-likeness (QED) is 0.754. The number of hydrogen-bond acceptors (Lipinski definition) is 2. The van der Waals surface area contributed by atoms with Crippen LogP contribution >= 0.6 is 0 Å². The molecule has 13 heavy (non-hydrogen) atoms. The summed E-state index contributed by atoms with van der Waals surface area (Å²) in [6, 6.07) is 2.11. The van der Waals surface area contributed by atoms with Crippen molar-refractivity contribution in [3.63, 3.8) is 0 Å². The predicted octanol–water partition coefficient (Wildman–Crippen LogP) is 2.38. The lowest BCUT2D eigenvalue weighted by Crippen LogP contribution is -2.34. The third-order valence-corrected chi connectivity index (χ3v) is 3.10. The summed E-state index contributed by atoms with van der Waals surface area (Å²) in [5, 5.41) is 3.45. The summed E-state index contributed by atoms with van der Waals surface area (Å²) >= 11 is 0. The summed E-state index contributed by atoms with van der Waals surface area (Å²) in [7, 11) is 0. The van der Waals surface area contributed by atoms with Gasteiger partial charge in [0, 0.05) is 0 Å². The lowest BCUT2D eigenvalue weighted by atomic mass is 9.81. The monoisotopic (exact) mass is 179 g/mol. The topological polar surface area (TPSA) is 25.2 Å². The van der Waals surface area contributed by atoms with Crippen LogP contribution in [-0.2, 0) is 0 Å². The number of rotatable bonds is 2. The minimum absolute atomic E-state index is 0.713. The largest absolute Gasteiger partial charge is 0.472 e. The van der Waals surface area contributed by atoms with E-state index in [2.05, 4.69) is 18.3 Å². The molecule has 1 N–H and O–H groups in total. The van der Waals surface area contributed by atoms with Crippen molar-refractivity contribution >= 4 is 0 Å². The Hall–Kier alpha value is -0.760. The minimum atomic E-state index is 0.713. The van der Waals surface area contributed by atoms with E-state index in [0.29, 0.717) is 5.92 Å². The van der Waals surface area contributed by atoms with Crippen molar-refractivity contribution < 1.29 is 4.42 Å². The zero-order valence-electron chi connectivity index (χ0n) is 8.12. The van der Waals surface area contributed by atoms with Gasteiger partial charge in [0.1, 0.15) is 0 Å². The number of nitrogens with one attached hydrogen (secondary N) is 1. The van der Waals surface area contributed by atoms with Gasteiger partial charge in [-0.15, -0.1) is 0 Å². The molecule has 2 unspecified atom stereocenters. The van der Waals surface area contributed by atoms with Crippen LogP contribution in [0.4, 0.5) is 0 Å². The molecule has 0 saturated carbocycles. The van der Waals surface area contributed by atoms with Crippen LogP contribution < -0.4 is 5.32 Å². The molecule has 0 bridgehead atoms. The fourth-order valence-corrected chi connectivity index (χ4v) is 2.28. The normalized spacial score (nSPS) is 29.0. The molecule has 0 aliphatic carbocycles. The molecule has 0 spiro atoms. The molecule has 72 valence electrons. The molecule has 1 aromatic rings. The average Bonchev–Trinajstić information content (AvgIpc) is 2.70. The van der Waals surface area contributed by atoms with Crippen LogP contribution in [0.2, 0.25) is 0 Å². The van der Waals surface area contributed by atoms with E-state index in [1.54, 1.807) is 6.26 Å². The van der Waals surface area contributed by atoms with Crippen molar-refractivity contribution in [2.75, 3.05) is 13.1 Å². The van der Waals surface area contributed by atoms with Gasteiger partial charge in [-0.2, -0.15) is 0 Å². The van der Waals surface area contributed by atoms with Crippen LogP contribution in [0.25, 0.3) is 0 Å². The van der Waals surface area contributed by atoms with Gasteiger partial charge in [-0.1, -0.05) is 13.3 Å². The summed E-state index contributed by atoms with van der Waals surface area (Å²) in [5.74, 6) is 1.50. The number of piperidine rings is 1. The summed E-state index contributed by atoms with van der Waals surface area (Å²) in [4.78, 5) is 0. The van der Waals surface area contributed by atoms with Crippen LogP contribution in [0.15, 0.2) is 23.0 Å². The summed E-state index contributed by atoms with van der Waals surface area (Å²) in [5.41, 5.74) is 1.38. The smallest absolute Gasteiger partial charge is 0.0937 e. The highest BCUT2D eigenvalue weighted by Crippen LogP contribution is 2.32. The van der Waals surface area contributed by atoms with Gasteiger partial charge in [0.05, 0.1) is 12.5 Å². The lowest BCUT2D eigenvalue weighted by molar-refractivity contribution is 0.316. The van der Waals surface area contributed by atoms with Crippen molar-refractivity contribution in [1.82, 2.24) is 5.32 Å². The third kappa shape index (κ3) is 1.78. The maximum atomic E-state index is 5.14. The summed E-state index contributed by atoms with van der Waals surface area (Å²) < 4.78 is 5.14. The second kappa shape index (κ2) is 3.97. The van der Waals surface area contributed by atoms with Gasteiger partial charge in [-0.3, -0.25) is 0 Å². The van der Waals surface area contributed by atoms with Crippen LogP contribution in [0, 0.1) is 5.92 Å². The Morgan fingerprint density at radius 2 is 2.54 bits per heavy atom. The molecule has 0 radical (unpaired) electrons. The first-order chi connectivity index (χ1) is 6.42. The van der Waals surface area contributed by atoms with E-state index in [-0.39, 0.29) is 0 Å². The van der Waals surface area contributed by atoms with Gasteiger partial charge >= 0.3 is 0 Å². The van der Waals surface area contributed by atoms with Crippen LogP contribution in [0.1, 0.15) is 31.2 Å². The second-order valence-electron chi connectivity index (χ2n) is 3.82. The highest BCUT2D eigenvalue weighted by molar-refractivity contribution is 5.14. The Balaban J connectivity index is 2.11. The Morgan fingerprint density at radius 3 is 3.23 bits per heavy atom. The lowest BCUT2D eigenvalue weighted by Gasteiger charge is -2.30. The van der Waals surface area contributed by atoms with Crippen LogP contribution in [0.5, 0.6) is 0 Å². The van der Waals surface area contributed by atoms with Crippen molar-refractivity contribution in [2.45, 2.75) is 25.7 Å². The minimum Gasteiger partial charge on any atom is -0.472 e. The molecule has 1 aliphatic rings. The number of hydrogen-bond donors (Lipinski definition) is 1. The molecule has 2 atom stereocenters. The highest BCUT2D eigenvalue weighted by atomic mass is 16.3. The van der Waals surface area contributed by atoms with Gasteiger partial charge in [0.25, 0.3) is 0 Å². The Bertz CT molecular complexity index is 243. The van der Waals surface area contributed by atoms with Gasteiger partial charge in [0.15, 0.2) is 0 Å². The van der Waals surface area contributed by atoms with Crippen molar-refractivity contribution in [3.8, 4) is 0 Å². The molecular weight excluding hydrogens is 162 g/mol. The molecule has 1 fully saturated rings. The van der Waals surface area contributed by atoms with Crippen LogP contribution in [-0.4, -0.2) is 13.1 Å². The van der Waals surface area contributed by atoms with E-state index >= 15 is 0 Å². The second-order valence-corrected chi connectivity index (χ2v) is 3.82. The standard InChI is InChI=1S/C11H17NO/c1-2-9-7-12-5-3-11(9)10-4-6-13-8-10/h4,6,8-9,11-12H,2-3,5,7H2,1H3. The van der Waals surface area contributed by atoms with E-state index in [4.69, 9.17) is 4.42 Å². The van der Waals surface area contributed by atoms with Gasteiger partial charge in [0.2, 0.25) is 0 Å². The average molecular weight is 179 g/mol. The Morgan fingerprint density at radius 1 is 1.62 bits per heavy atom. The maximum absolute atomic E-state index is 5.14. The SMILES string of the molecule is CCC1CNCCC1c1ccoc1. The summed E-state index contributed by atoms with van der Waals surface area (Å²) in [6.07, 6.45) is 6.18. The van der Waals surface area contributed by atoms with Gasteiger partial charge in [-0.05, 0) is 43.0 Å². The molecule has 2 heterocycles. The molecular formula is C11H17NO. The molecule has 2 nitrogen and oxygen atoms in total. The molecule has 1 aliphatic heterocycles. The molecule has 0 aromatic carbocycles. The fourth-order valence-electron chi connectivity index (χ4n) is 2.28. The Kier molecular flexibility index (Phi) is 2.69. The molecule has 1 aromatic heterocycles.